The summed E-state index contributed by atoms with van der Waals surface area (Å²) >= 11 is 0. The van der Waals surface area contributed by atoms with Crippen LogP contribution in [-0.4, -0.2) is 24.9 Å². The molecule has 7 heteroatoms. The van der Waals surface area contributed by atoms with Gasteiger partial charge in [-0.25, -0.2) is 4.39 Å². The number of H-pyrrole nitrogens is 1. The molecule has 3 rings (SSSR count). The minimum atomic E-state index is -0.549. The van der Waals surface area contributed by atoms with Gasteiger partial charge < -0.3 is 10.1 Å². The van der Waals surface area contributed by atoms with Crippen molar-refractivity contribution in [3.8, 4) is 28.4 Å². The van der Waals surface area contributed by atoms with Gasteiger partial charge in [-0.05, 0) is 17.7 Å². The standard InChI is InChI=1S/C14H11FN4O2/c1-19-7-9(6-16-19)12-17-13(20)11(14(21)18-12)8-3-2-4-10(15)5-8/h2-7H,1H3,(H2,17,18,20,21). The lowest BCUT2D eigenvalue weighted by Gasteiger charge is -2.05. The van der Waals surface area contributed by atoms with E-state index in [1.54, 1.807) is 17.9 Å². The van der Waals surface area contributed by atoms with Gasteiger partial charge in [0.15, 0.2) is 0 Å². The van der Waals surface area contributed by atoms with E-state index in [1.807, 2.05) is 0 Å². The molecule has 0 radical (unpaired) electrons. The quantitative estimate of drug-likeness (QED) is 0.750. The van der Waals surface area contributed by atoms with Crippen LogP contribution in [0.15, 0.2) is 41.5 Å². The van der Waals surface area contributed by atoms with E-state index in [-0.39, 0.29) is 17.0 Å². The van der Waals surface area contributed by atoms with Crippen LogP contribution in [0.25, 0.3) is 22.5 Å². The molecule has 2 heterocycles. The number of halogens is 1. The molecule has 2 aromatic heterocycles. The highest BCUT2D eigenvalue weighted by atomic mass is 19.1. The summed E-state index contributed by atoms with van der Waals surface area (Å²) in [6.45, 7) is 0. The van der Waals surface area contributed by atoms with E-state index in [2.05, 4.69) is 15.1 Å². The monoisotopic (exact) mass is 286 g/mol. The fourth-order valence-corrected chi connectivity index (χ4v) is 2.05. The van der Waals surface area contributed by atoms with Gasteiger partial charge in [0, 0.05) is 13.2 Å². The van der Waals surface area contributed by atoms with Gasteiger partial charge in [-0.2, -0.15) is 10.1 Å². The first-order valence-electron chi connectivity index (χ1n) is 6.13. The molecular formula is C14H11FN4O2. The van der Waals surface area contributed by atoms with Crippen LogP contribution in [-0.2, 0) is 7.05 Å². The van der Waals surface area contributed by atoms with Gasteiger partial charge in [0.2, 0.25) is 5.88 Å². The van der Waals surface area contributed by atoms with Crippen molar-refractivity contribution in [2.45, 2.75) is 0 Å². The molecule has 0 fully saturated rings. The zero-order chi connectivity index (χ0) is 15.0. The molecule has 0 bridgehead atoms. The van der Waals surface area contributed by atoms with Gasteiger partial charge in [0.25, 0.3) is 5.56 Å². The van der Waals surface area contributed by atoms with Crippen LogP contribution in [0.2, 0.25) is 0 Å². The van der Waals surface area contributed by atoms with Crippen molar-refractivity contribution in [3.63, 3.8) is 0 Å². The molecular weight excluding hydrogens is 275 g/mol. The molecule has 3 aromatic rings. The molecule has 106 valence electrons. The van der Waals surface area contributed by atoms with Crippen LogP contribution < -0.4 is 5.56 Å². The van der Waals surface area contributed by atoms with Crippen LogP contribution >= 0.6 is 0 Å². The Hall–Kier alpha value is -2.96. The molecule has 0 saturated heterocycles. The van der Waals surface area contributed by atoms with Crippen molar-refractivity contribution in [1.82, 2.24) is 19.7 Å². The second-order valence-corrected chi connectivity index (χ2v) is 4.53. The highest BCUT2D eigenvalue weighted by Gasteiger charge is 2.15. The Labute approximate surface area is 118 Å². The van der Waals surface area contributed by atoms with E-state index >= 15 is 0 Å². The third-order valence-corrected chi connectivity index (χ3v) is 2.99. The predicted octanol–water partition coefficient (Wildman–Crippen LogP) is 1.68. The Morgan fingerprint density at radius 3 is 2.76 bits per heavy atom. The number of hydrogen-bond acceptors (Lipinski definition) is 4. The summed E-state index contributed by atoms with van der Waals surface area (Å²) in [4.78, 5) is 18.7. The maximum Gasteiger partial charge on any atom is 0.262 e. The SMILES string of the molecule is Cn1cc(-c2nc(O)c(-c3cccc(F)c3)c(=O)[nH]2)cn1. The summed E-state index contributed by atoms with van der Waals surface area (Å²) < 4.78 is 14.8. The number of aromatic nitrogens is 4. The number of rotatable bonds is 2. The van der Waals surface area contributed by atoms with Gasteiger partial charge >= 0.3 is 0 Å². The summed E-state index contributed by atoms with van der Waals surface area (Å²) in [7, 11) is 1.72. The number of hydrogen-bond donors (Lipinski definition) is 2. The van der Waals surface area contributed by atoms with Crippen LogP contribution in [0, 0.1) is 5.82 Å². The topological polar surface area (TPSA) is 83.8 Å². The van der Waals surface area contributed by atoms with Crippen molar-refractivity contribution < 1.29 is 9.50 Å². The Kier molecular flexibility index (Phi) is 3.02. The first-order chi connectivity index (χ1) is 10.0. The average Bonchev–Trinajstić information content (AvgIpc) is 2.85. The molecule has 0 aliphatic carbocycles. The minimum absolute atomic E-state index is 0.0675. The first-order valence-corrected chi connectivity index (χ1v) is 6.13. The largest absolute Gasteiger partial charge is 0.493 e. The smallest absolute Gasteiger partial charge is 0.262 e. The van der Waals surface area contributed by atoms with Crippen molar-refractivity contribution in [3.05, 3.63) is 52.8 Å². The van der Waals surface area contributed by atoms with Crippen molar-refractivity contribution in [2.75, 3.05) is 0 Å². The zero-order valence-electron chi connectivity index (χ0n) is 11.0. The summed E-state index contributed by atoms with van der Waals surface area (Å²) in [5.74, 6) is -0.753. The normalized spacial score (nSPS) is 10.8. The molecule has 6 nitrogen and oxygen atoms in total. The predicted molar refractivity (Wildman–Crippen MR) is 74.1 cm³/mol. The highest BCUT2D eigenvalue weighted by molar-refractivity contribution is 5.69. The van der Waals surface area contributed by atoms with Crippen molar-refractivity contribution in [2.24, 2.45) is 7.05 Å². The lowest BCUT2D eigenvalue weighted by Crippen LogP contribution is -2.12. The van der Waals surface area contributed by atoms with Crippen LogP contribution in [0.4, 0.5) is 4.39 Å². The number of aryl methyl sites for hydroxylation is 1. The van der Waals surface area contributed by atoms with Crippen LogP contribution in [0.3, 0.4) is 0 Å². The fraction of sp³-hybridized carbons (Fsp3) is 0.0714. The number of nitrogens with one attached hydrogen (secondary N) is 1. The number of aromatic amines is 1. The highest BCUT2D eigenvalue weighted by Crippen LogP contribution is 2.25. The third kappa shape index (κ3) is 2.40. The summed E-state index contributed by atoms with van der Waals surface area (Å²) in [5, 5.41) is 14.0. The molecule has 0 unspecified atom stereocenters. The minimum Gasteiger partial charge on any atom is -0.493 e. The lowest BCUT2D eigenvalue weighted by molar-refractivity contribution is 0.454. The number of aromatic hydroxyl groups is 1. The van der Waals surface area contributed by atoms with Gasteiger partial charge in [0.05, 0.1) is 11.8 Å². The number of benzene rings is 1. The van der Waals surface area contributed by atoms with E-state index in [0.29, 0.717) is 5.56 Å². The van der Waals surface area contributed by atoms with Crippen molar-refractivity contribution in [1.29, 1.82) is 0 Å². The Morgan fingerprint density at radius 1 is 1.33 bits per heavy atom. The molecule has 1 aromatic carbocycles. The van der Waals surface area contributed by atoms with E-state index in [1.165, 1.54) is 24.4 Å². The molecule has 0 saturated carbocycles. The summed E-state index contributed by atoms with van der Waals surface area (Å²) in [5.41, 5.74) is 0.212. The molecule has 0 amide bonds. The second-order valence-electron chi connectivity index (χ2n) is 4.53. The van der Waals surface area contributed by atoms with Gasteiger partial charge in [-0.15, -0.1) is 0 Å². The van der Waals surface area contributed by atoms with E-state index in [9.17, 15) is 14.3 Å². The molecule has 0 atom stereocenters. The third-order valence-electron chi connectivity index (χ3n) is 2.99. The molecule has 21 heavy (non-hydrogen) atoms. The average molecular weight is 286 g/mol. The molecule has 0 aliphatic rings. The Balaban J connectivity index is 2.15. The molecule has 0 spiro atoms. The van der Waals surface area contributed by atoms with E-state index < -0.39 is 17.3 Å². The molecule has 2 N–H and O–H groups in total. The molecule has 0 aliphatic heterocycles. The van der Waals surface area contributed by atoms with Crippen LogP contribution in [0.1, 0.15) is 0 Å². The van der Waals surface area contributed by atoms with Crippen molar-refractivity contribution >= 4 is 0 Å². The maximum absolute atomic E-state index is 13.2. The Bertz CT molecular complexity index is 869. The van der Waals surface area contributed by atoms with Crippen LogP contribution in [0.5, 0.6) is 5.88 Å². The number of nitrogens with zero attached hydrogens (tertiary/aromatic N) is 3. The summed E-state index contributed by atoms with van der Waals surface area (Å²) in [6.07, 6.45) is 3.17. The fourth-order valence-electron chi connectivity index (χ4n) is 2.05. The maximum atomic E-state index is 13.2. The summed E-state index contributed by atoms with van der Waals surface area (Å²) in [6, 6.07) is 5.40. The van der Waals surface area contributed by atoms with Gasteiger partial charge in [-0.1, -0.05) is 12.1 Å². The van der Waals surface area contributed by atoms with Gasteiger partial charge in [-0.3, -0.25) is 9.48 Å². The van der Waals surface area contributed by atoms with Gasteiger partial charge in [0.1, 0.15) is 17.2 Å². The zero-order valence-corrected chi connectivity index (χ0v) is 11.0. The first kappa shape index (κ1) is 13.0. The van der Waals surface area contributed by atoms with E-state index in [4.69, 9.17) is 0 Å². The lowest BCUT2D eigenvalue weighted by atomic mass is 10.1. The Morgan fingerprint density at radius 2 is 2.14 bits per heavy atom. The second kappa shape index (κ2) is 4.86. The van der Waals surface area contributed by atoms with E-state index in [0.717, 1.165) is 6.07 Å².